The van der Waals surface area contributed by atoms with Crippen molar-refractivity contribution in [3.8, 4) is 5.82 Å². The van der Waals surface area contributed by atoms with Crippen molar-refractivity contribution in [2.75, 3.05) is 11.9 Å². The van der Waals surface area contributed by atoms with E-state index in [2.05, 4.69) is 48.0 Å². The normalized spacial score (nSPS) is 11.1. The summed E-state index contributed by atoms with van der Waals surface area (Å²) in [6.07, 6.45) is 5.72. The lowest BCUT2D eigenvalue weighted by Crippen LogP contribution is -2.10. The molecule has 2 rings (SSSR count). The molecule has 0 aromatic carbocycles. The van der Waals surface area contributed by atoms with Crippen molar-refractivity contribution in [2.24, 2.45) is 0 Å². The number of imidazole rings is 1. The summed E-state index contributed by atoms with van der Waals surface area (Å²) < 4.78 is 2.03. The van der Waals surface area contributed by atoms with Gasteiger partial charge in [-0.3, -0.25) is 4.57 Å². The molecule has 2 heterocycles. The third-order valence-electron chi connectivity index (χ3n) is 3.08. The average Bonchev–Trinajstić information content (AvgIpc) is 2.93. The molecule has 1 N–H and O–H groups in total. The molecule has 0 unspecified atom stereocenters. The van der Waals surface area contributed by atoms with Crippen LogP contribution in [0.15, 0.2) is 18.5 Å². The molecule has 0 radical (unpaired) electrons. The number of nitrogens with one attached hydrogen (secondary N) is 1. The molecule has 0 amide bonds. The molecule has 0 saturated carbocycles. The van der Waals surface area contributed by atoms with Gasteiger partial charge in [0.15, 0.2) is 0 Å². The molecule has 5 nitrogen and oxygen atoms in total. The van der Waals surface area contributed by atoms with Gasteiger partial charge in [0.05, 0.1) is 0 Å². The van der Waals surface area contributed by atoms with E-state index in [-0.39, 0.29) is 0 Å². The minimum absolute atomic E-state index is 0.297. The molecule has 5 heteroatoms. The Kier molecular flexibility index (Phi) is 4.71. The van der Waals surface area contributed by atoms with Crippen LogP contribution in [0.1, 0.15) is 51.7 Å². The predicted molar refractivity (Wildman–Crippen MR) is 81.4 cm³/mol. The van der Waals surface area contributed by atoms with Gasteiger partial charge in [0, 0.05) is 37.3 Å². The van der Waals surface area contributed by atoms with Crippen molar-refractivity contribution < 1.29 is 0 Å². The molecule has 0 aliphatic carbocycles. The Hall–Kier alpha value is -1.91. The maximum absolute atomic E-state index is 4.66. The molecule has 2 aromatic heterocycles. The number of hydrogen-bond donors (Lipinski definition) is 1. The van der Waals surface area contributed by atoms with Crippen LogP contribution >= 0.6 is 0 Å². The first-order chi connectivity index (χ1) is 9.65. The summed E-state index contributed by atoms with van der Waals surface area (Å²) in [5.41, 5.74) is 0. The smallest absolute Gasteiger partial charge is 0.143 e. The molecule has 108 valence electrons. The van der Waals surface area contributed by atoms with Gasteiger partial charge >= 0.3 is 0 Å². The summed E-state index contributed by atoms with van der Waals surface area (Å²) in [5, 5.41) is 3.34. The first-order valence-electron chi connectivity index (χ1n) is 7.31. The van der Waals surface area contributed by atoms with Crippen molar-refractivity contribution >= 4 is 5.82 Å². The third-order valence-corrected chi connectivity index (χ3v) is 3.08. The number of rotatable bonds is 6. The van der Waals surface area contributed by atoms with Crippen LogP contribution in [0, 0.1) is 0 Å². The fraction of sp³-hybridized carbons (Fsp3) is 0.533. The lowest BCUT2D eigenvalue weighted by molar-refractivity contribution is 0.754. The lowest BCUT2D eigenvalue weighted by Gasteiger charge is -2.13. The highest BCUT2D eigenvalue weighted by Crippen LogP contribution is 2.18. The highest BCUT2D eigenvalue weighted by atomic mass is 15.2. The average molecular weight is 273 g/mol. The first kappa shape index (κ1) is 14.5. The highest BCUT2D eigenvalue weighted by Gasteiger charge is 2.11. The molecule has 0 bridgehead atoms. The maximum Gasteiger partial charge on any atom is 0.143 e. The fourth-order valence-corrected chi connectivity index (χ4v) is 1.98. The first-order valence-corrected chi connectivity index (χ1v) is 7.31. The number of nitrogens with zero attached hydrogens (tertiary/aromatic N) is 4. The maximum atomic E-state index is 4.66. The summed E-state index contributed by atoms with van der Waals surface area (Å²) in [7, 11) is 0. The molecule has 0 aliphatic heterocycles. The van der Waals surface area contributed by atoms with Crippen LogP contribution in [-0.4, -0.2) is 26.1 Å². The standard InChI is InChI=1S/C15H23N5/c1-5-7-16-12-10-14(19-15(18-12)11(3)4)20-9-8-17-13(20)6-2/h8-11H,5-7H2,1-4H3,(H,16,18,19). The Labute approximate surface area is 120 Å². The number of hydrogen-bond acceptors (Lipinski definition) is 4. The monoisotopic (exact) mass is 273 g/mol. The molecule has 20 heavy (non-hydrogen) atoms. The molecule has 2 aromatic rings. The van der Waals surface area contributed by atoms with Gasteiger partial charge in [0.2, 0.25) is 0 Å². The summed E-state index contributed by atoms with van der Waals surface area (Å²) in [4.78, 5) is 13.6. The van der Waals surface area contributed by atoms with Crippen LogP contribution in [0.5, 0.6) is 0 Å². The van der Waals surface area contributed by atoms with Crippen molar-refractivity contribution in [2.45, 2.75) is 46.5 Å². The Morgan fingerprint density at radius 3 is 2.70 bits per heavy atom. The van der Waals surface area contributed by atoms with E-state index in [9.17, 15) is 0 Å². The zero-order valence-electron chi connectivity index (χ0n) is 12.7. The van der Waals surface area contributed by atoms with E-state index < -0.39 is 0 Å². The Bertz CT molecular complexity index is 559. The number of aryl methyl sites for hydroxylation is 1. The molecule has 0 spiro atoms. The SMILES string of the molecule is CCCNc1cc(-n2ccnc2CC)nc(C(C)C)n1. The topological polar surface area (TPSA) is 55.6 Å². The second-order valence-electron chi connectivity index (χ2n) is 5.12. The van der Waals surface area contributed by atoms with Crippen LogP contribution in [0.2, 0.25) is 0 Å². The molecule has 0 atom stereocenters. The molecule has 0 saturated heterocycles. The van der Waals surface area contributed by atoms with Crippen LogP contribution < -0.4 is 5.32 Å². The molecular weight excluding hydrogens is 250 g/mol. The molecular formula is C15H23N5. The van der Waals surface area contributed by atoms with Gasteiger partial charge in [-0.1, -0.05) is 27.7 Å². The largest absolute Gasteiger partial charge is 0.370 e. The Morgan fingerprint density at radius 1 is 1.25 bits per heavy atom. The minimum atomic E-state index is 0.297. The van der Waals surface area contributed by atoms with Crippen molar-refractivity contribution in [3.05, 3.63) is 30.1 Å². The second-order valence-corrected chi connectivity index (χ2v) is 5.12. The van der Waals surface area contributed by atoms with Crippen molar-refractivity contribution in [1.29, 1.82) is 0 Å². The van der Waals surface area contributed by atoms with Gasteiger partial charge in [0.1, 0.15) is 23.3 Å². The minimum Gasteiger partial charge on any atom is -0.370 e. The van der Waals surface area contributed by atoms with E-state index in [0.29, 0.717) is 5.92 Å². The quantitative estimate of drug-likeness (QED) is 0.878. The van der Waals surface area contributed by atoms with Gasteiger partial charge in [0.25, 0.3) is 0 Å². The number of aromatic nitrogens is 4. The Morgan fingerprint density at radius 2 is 2.05 bits per heavy atom. The Balaban J connectivity index is 2.43. The fourth-order valence-electron chi connectivity index (χ4n) is 1.98. The summed E-state index contributed by atoms with van der Waals surface area (Å²) in [6.45, 7) is 9.37. The van der Waals surface area contributed by atoms with E-state index in [0.717, 1.165) is 42.7 Å². The van der Waals surface area contributed by atoms with Gasteiger partial charge < -0.3 is 5.32 Å². The lowest BCUT2D eigenvalue weighted by atomic mass is 10.2. The number of anilines is 1. The van der Waals surface area contributed by atoms with Crippen LogP contribution in [0.3, 0.4) is 0 Å². The van der Waals surface area contributed by atoms with E-state index in [4.69, 9.17) is 0 Å². The van der Waals surface area contributed by atoms with E-state index in [1.165, 1.54) is 0 Å². The van der Waals surface area contributed by atoms with Gasteiger partial charge in [-0.15, -0.1) is 0 Å². The van der Waals surface area contributed by atoms with Gasteiger partial charge in [-0.25, -0.2) is 15.0 Å². The highest BCUT2D eigenvalue weighted by molar-refractivity contribution is 5.42. The van der Waals surface area contributed by atoms with Crippen LogP contribution in [0.4, 0.5) is 5.82 Å². The zero-order valence-corrected chi connectivity index (χ0v) is 12.7. The van der Waals surface area contributed by atoms with Gasteiger partial charge in [-0.05, 0) is 6.42 Å². The summed E-state index contributed by atoms with van der Waals surface area (Å²) >= 11 is 0. The third kappa shape index (κ3) is 3.15. The predicted octanol–water partition coefficient (Wildman–Crippen LogP) is 3.17. The van der Waals surface area contributed by atoms with Crippen LogP contribution in [-0.2, 0) is 6.42 Å². The van der Waals surface area contributed by atoms with E-state index >= 15 is 0 Å². The molecule has 0 aliphatic rings. The van der Waals surface area contributed by atoms with Crippen LogP contribution in [0.25, 0.3) is 5.82 Å². The van der Waals surface area contributed by atoms with Gasteiger partial charge in [-0.2, -0.15) is 0 Å². The van der Waals surface area contributed by atoms with E-state index in [1.54, 1.807) is 0 Å². The van der Waals surface area contributed by atoms with Crippen molar-refractivity contribution in [3.63, 3.8) is 0 Å². The van der Waals surface area contributed by atoms with E-state index in [1.807, 2.05) is 23.0 Å². The second kappa shape index (κ2) is 6.50. The molecule has 0 fully saturated rings. The zero-order chi connectivity index (χ0) is 14.5. The summed E-state index contributed by atoms with van der Waals surface area (Å²) in [6, 6.07) is 1.99. The van der Waals surface area contributed by atoms with Crippen molar-refractivity contribution in [1.82, 2.24) is 19.5 Å². The summed E-state index contributed by atoms with van der Waals surface area (Å²) in [5.74, 6) is 3.94.